The highest BCUT2D eigenvalue weighted by atomic mass is 79.9. The summed E-state index contributed by atoms with van der Waals surface area (Å²) < 4.78 is 16.4. The van der Waals surface area contributed by atoms with E-state index in [4.69, 9.17) is 14.2 Å². The summed E-state index contributed by atoms with van der Waals surface area (Å²) >= 11 is 3.45. The molecule has 2 aromatic carbocycles. The number of halogens is 1. The fraction of sp³-hybridized carbons (Fsp3) is 0.250. The Kier molecular flexibility index (Phi) is 5.09. The highest BCUT2D eigenvalue weighted by Crippen LogP contribution is 2.34. The zero-order valence-corrected chi connectivity index (χ0v) is 13.7. The van der Waals surface area contributed by atoms with Crippen LogP contribution in [-0.4, -0.2) is 26.4 Å². The second-order valence-electron chi connectivity index (χ2n) is 4.44. The van der Waals surface area contributed by atoms with Crippen molar-refractivity contribution < 1.29 is 19.3 Å². The number of rotatable bonds is 5. The smallest absolute Gasteiger partial charge is 0.122 e. The molecule has 21 heavy (non-hydrogen) atoms. The molecule has 2 aromatic rings. The van der Waals surface area contributed by atoms with E-state index in [9.17, 15) is 5.11 Å². The second-order valence-corrected chi connectivity index (χ2v) is 5.29. The van der Waals surface area contributed by atoms with Crippen molar-refractivity contribution in [3.05, 3.63) is 52.0 Å². The number of ether oxygens (including phenoxy) is 3. The van der Waals surface area contributed by atoms with Crippen LogP contribution in [0, 0.1) is 0 Å². The van der Waals surface area contributed by atoms with E-state index < -0.39 is 6.10 Å². The zero-order valence-electron chi connectivity index (χ0n) is 12.1. The molecule has 0 aliphatic carbocycles. The minimum absolute atomic E-state index is 0.632. The minimum atomic E-state index is -0.797. The molecule has 0 aromatic heterocycles. The number of aliphatic hydroxyl groups excluding tert-OH is 1. The lowest BCUT2D eigenvalue weighted by atomic mass is 10.0. The van der Waals surface area contributed by atoms with Crippen LogP contribution in [0.4, 0.5) is 0 Å². The van der Waals surface area contributed by atoms with Gasteiger partial charge in [0.1, 0.15) is 23.4 Å². The lowest BCUT2D eigenvalue weighted by Crippen LogP contribution is -2.02. The molecule has 112 valence electrons. The molecule has 5 heteroatoms. The highest BCUT2D eigenvalue weighted by Gasteiger charge is 2.16. The summed E-state index contributed by atoms with van der Waals surface area (Å²) in [6.45, 7) is 0. The Morgan fingerprint density at radius 1 is 0.857 bits per heavy atom. The van der Waals surface area contributed by atoms with Crippen molar-refractivity contribution in [2.24, 2.45) is 0 Å². The molecular weight excluding hydrogens is 336 g/mol. The highest BCUT2D eigenvalue weighted by molar-refractivity contribution is 9.10. The van der Waals surface area contributed by atoms with E-state index in [1.54, 1.807) is 45.6 Å². The SMILES string of the molecule is COc1cc(OC)cc(C(O)c2ccc(OC)cc2Br)c1. The van der Waals surface area contributed by atoms with Crippen molar-refractivity contribution in [3.63, 3.8) is 0 Å². The van der Waals surface area contributed by atoms with E-state index in [0.29, 0.717) is 17.1 Å². The van der Waals surface area contributed by atoms with E-state index in [-0.39, 0.29) is 0 Å². The maximum absolute atomic E-state index is 10.6. The maximum Gasteiger partial charge on any atom is 0.122 e. The molecule has 0 amide bonds. The van der Waals surface area contributed by atoms with Gasteiger partial charge < -0.3 is 19.3 Å². The number of hydrogen-bond donors (Lipinski definition) is 1. The Bertz CT molecular complexity index is 605. The normalized spacial score (nSPS) is 11.9. The monoisotopic (exact) mass is 352 g/mol. The first-order valence-electron chi connectivity index (χ1n) is 6.33. The fourth-order valence-corrected chi connectivity index (χ4v) is 2.60. The molecule has 0 spiro atoms. The van der Waals surface area contributed by atoms with Crippen molar-refractivity contribution in [2.75, 3.05) is 21.3 Å². The van der Waals surface area contributed by atoms with Gasteiger partial charge in [-0.3, -0.25) is 0 Å². The largest absolute Gasteiger partial charge is 0.497 e. The van der Waals surface area contributed by atoms with Gasteiger partial charge in [0.25, 0.3) is 0 Å². The van der Waals surface area contributed by atoms with Gasteiger partial charge in [-0.15, -0.1) is 0 Å². The van der Waals surface area contributed by atoms with Gasteiger partial charge in [0.15, 0.2) is 0 Å². The van der Waals surface area contributed by atoms with Crippen LogP contribution in [0.3, 0.4) is 0 Å². The maximum atomic E-state index is 10.6. The lowest BCUT2D eigenvalue weighted by Gasteiger charge is -2.16. The Labute approximate surface area is 132 Å². The Morgan fingerprint density at radius 2 is 1.43 bits per heavy atom. The summed E-state index contributed by atoms with van der Waals surface area (Å²) in [5, 5.41) is 10.6. The molecule has 1 N–H and O–H groups in total. The minimum Gasteiger partial charge on any atom is -0.497 e. The van der Waals surface area contributed by atoms with Crippen molar-refractivity contribution in [1.29, 1.82) is 0 Å². The van der Waals surface area contributed by atoms with Crippen molar-refractivity contribution in [3.8, 4) is 17.2 Å². The van der Waals surface area contributed by atoms with Gasteiger partial charge in [-0.05, 0) is 35.4 Å². The molecule has 0 saturated carbocycles. The second kappa shape index (κ2) is 6.83. The predicted octanol–water partition coefficient (Wildman–Crippen LogP) is 3.56. The van der Waals surface area contributed by atoms with Crippen LogP contribution < -0.4 is 14.2 Å². The number of aliphatic hydroxyl groups is 1. The molecule has 4 nitrogen and oxygen atoms in total. The van der Waals surface area contributed by atoms with Crippen LogP contribution in [0.25, 0.3) is 0 Å². The molecule has 0 aliphatic heterocycles. The first-order valence-corrected chi connectivity index (χ1v) is 7.12. The van der Waals surface area contributed by atoms with Crippen LogP contribution in [0.15, 0.2) is 40.9 Å². The van der Waals surface area contributed by atoms with Crippen LogP contribution in [0.2, 0.25) is 0 Å². The molecule has 0 radical (unpaired) electrons. The first kappa shape index (κ1) is 15.7. The van der Waals surface area contributed by atoms with Crippen LogP contribution in [-0.2, 0) is 0 Å². The molecule has 0 fully saturated rings. The third kappa shape index (κ3) is 3.49. The van der Waals surface area contributed by atoms with E-state index >= 15 is 0 Å². The molecule has 0 bridgehead atoms. The van der Waals surface area contributed by atoms with Crippen LogP contribution in [0.1, 0.15) is 17.2 Å². The van der Waals surface area contributed by atoms with E-state index in [2.05, 4.69) is 15.9 Å². The standard InChI is InChI=1S/C16H17BrO4/c1-19-11-4-5-14(15(17)9-11)16(18)10-6-12(20-2)8-13(7-10)21-3/h4-9,16,18H,1-3H3. The summed E-state index contributed by atoms with van der Waals surface area (Å²) in [7, 11) is 4.76. The first-order chi connectivity index (χ1) is 10.1. The van der Waals surface area contributed by atoms with E-state index in [1.807, 2.05) is 12.1 Å². The van der Waals surface area contributed by atoms with Crippen molar-refractivity contribution in [1.82, 2.24) is 0 Å². The van der Waals surface area contributed by atoms with Gasteiger partial charge >= 0.3 is 0 Å². The number of benzene rings is 2. The molecule has 0 aliphatic rings. The fourth-order valence-electron chi connectivity index (χ4n) is 2.02. The third-order valence-corrected chi connectivity index (χ3v) is 3.88. The van der Waals surface area contributed by atoms with Crippen LogP contribution >= 0.6 is 15.9 Å². The van der Waals surface area contributed by atoms with Gasteiger partial charge in [-0.1, -0.05) is 22.0 Å². The van der Waals surface area contributed by atoms with Gasteiger partial charge in [0.05, 0.1) is 21.3 Å². The summed E-state index contributed by atoms with van der Waals surface area (Å²) in [5.41, 5.74) is 1.43. The molecule has 2 rings (SSSR count). The van der Waals surface area contributed by atoms with E-state index in [0.717, 1.165) is 15.8 Å². The Morgan fingerprint density at radius 3 is 1.90 bits per heavy atom. The summed E-state index contributed by atoms with van der Waals surface area (Å²) in [4.78, 5) is 0. The third-order valence-electron chi connectivity index (χ3n) is 3.19. The quantitative estimate of drug-likeness (QED) is 0.893. The number of hydrogen-bond acceptors (Lipinski definition) is 4. The van der Waals surface area contributed by atoms with Gasteiger partial charge in [0.2, 0.25) is 0 Å². The molecule has 0 heterocycles. The lowest BCUT2D eigenvalue weighted by molar-refractivity contribution is 0.218. The summed E-state index contributed by atoms with van der Waals surface area (Å²) in [6, 6.07) is 10.8. The summed E-state index contributed by atoms with van der Waals surface area (Å²) in [5.74, 6) is 1.99. The van der Waals surface area contributed by atoms with Crippen LogP contribution in [0.5, 0.6) is 17.2 Å². The Balaban J connectivity index is 2.41. The zero-order chi connectivity index (χ0) is 15.4. The summed E-state index contributed by atoms with van der Waals surface area (Å²) in [6.07, 6.45) is -0.797. The number of methoxy groups -OCH3 is 3. The van der Waals surface area contributed by atoms with Gasteiger partial charge in [-0.2, -0.15) is 0 Å². The molecule has 1 atom stereocenters. The average Bonchev–Trinajstić information content (AvgIpc) is 2.53. The average molecular weight is 353 g/mol. The topological polar surface area (TPSA) is 47.9 Å². The van der Waals surface area contributed by atoms with Crippen molar-refractivity contribution in [2.45, 2.75) is 6.10 Å². The predicted molar refractivity (Wildman–Crippen MR) is 84.3 cm³/mol. The molecular formula is C16H17BrO4. The molecule has 0 saturated heterocycles. The Hall–Kier alpha value is -1.72. The molecule has 1 unspecified atom stereocenters. The van der Waals surface area contributed by atoms with Gasteiger partial charge in [0, 0.05) is 10.5 Å². The van der Waals surface area contributed by atoms with Crippen molar-refractivity contribution >= 4 is 15.9 Å². The van der Waals surface area contributed by atoms with E-state index in [1.165, 1.54) is 0 Å². The van der Waals surface area contributed by atoms with Gasteiger partial charge in [-0.25, -0.2) is 0 Å².